The molecule has 2 aromatic heterocycles. The Morgan fingerprint density at radius 2 is 1.91 bits per heavy atom. The van der Waals surface area contributed by atoms with E-state index in [0.717, 1.165) is 17.9 Å². The number of hydrogen-bond donors (Lipinski definition) is 2. The van der Waals surface area contributed by atoms with Gasteiger partial charge in [-0.05, 0) is 57.5 Å². The van der Waals surface area contributed by atoms with Gasteiger partial charge in [0.1, 0.15) is 28.7 Å². The SMILES string of the molecule is CCc1cc(Nc2cc3oc(-c4ccc(F)cc4)c(C(=O)NC)c3cc2OC(C)C)n(CC)n1. The lowest BCUT2D eigenvalue weighted by Gasteiger charge is -2.16. The molecule has 0 aliphatic heterocycles. The van der Waals surface area contributed by atoms with Crippen molar-refractivity contribution in [3.63, 3.8) is 0 Å². The maximum atomic E-state index is 13.5. The largest absolute Gasteiger partial charge is 0.489 e. The van der Waals surface area contributed by atoms with Crippen LogP contribution in [0.3, 0.4) is 0 Å². The molecule has 1 amide bonds. The van der Waals surface area contributed by atoms with Crippen molar-refractivity contribution >= 4 is 28.4 Å². The van der Waals surface area contributed by atoms with E-state index in [1.807, 2.05) is 43.7 Å². The fourth-order valence-corrected chi connectivity index (χ4v) is 3.85. The first kappa shape index (κ1) is 23.4. The summed E-state index contributed by atoms with van der Waals surface area (Å²) in [4.78, 5) is 12.9. The van der Waals surface area contributed by atoms with Gasteiger partial charge in [-0.3, -0.25) is 4.79 Å². The molecule has 0 atom stereocenters. The Bertz CT molecular complexity index is 1320. The molecule has 0 bridgehead atoms. The standard InChI is InChI=1S/C26H29FN4O3/c1-6-18-12-23(31(7-2)30-18)29-20-14-21-19(13-22(20)33-15(3)4)24(26(32)28-5)25(34-21)16-8-10-17(27)11-9-16/h8-15,29H,6-7H2,1-5H3,(H,28,32). The van der Waals surface area contributed by atoms with E-state index in [4.69, 9.17) is 9.15 Å². The second-order valence-electron chi connectivity index (χ2n) is 8.22. The summed E-state index contributed by atoms with van der Waals surface area (Å²) in [5, 5.41) is 11.3. The second-order valence-corrected chi connectivity index (χ2v) is 8.22. The van der Waals surface area contributed by atoms with Crippen LogP contribution < -0.4 is 15.4 Å². The maximum absolute atomic E-state index is 13.5. The number of carbonyl (C=O) groups is 1. The van der Waals surface area contributed by atoms with Gasteiger partial charge in [0, 0.05) is 36.7 Å². The lowest BCUT2D eigenvalue weighted by molar-refractivity contribution is 0.0964. The van der Waals surface area contributed by atoms with Crippen LogP contribution in [0.2, 0.25) is 0 Å². The first-order valence-corrected chi connectivity index (χ1v) is 11.4. The fourth-order valence-electron chi connectivity index (χ4n) is 3.85. The summed E-state index contributed by atoms with van der Waals surface area (Å²) in [6.45, 7) is 8.69. The van der Waals surface area contributed by atoms with Crippen molar-refractivity contribution in [3.05, 3.63) is 59.5 Å². The zero-order valence-electron chi connectivity index (χ0n) is 20.0. The first-order chi connectivity index (χ1) is 16.3. The summed E-state index contributed by atoms with van der Waals surface area (Å²) in [5.74, 6) is 1.13. The number of fused-ring (bicyclic) bond motifs is 1. The number of halogens is 1. The van der Waals surface area contributed by atoms with E-state index in [2.05, 4.69) is 22.7 Å². The minimum Gasteiger partial charge on any atom is -0.489 e. The third-order valence-electron chi connectivity index (χ3n) is 5.47. The van der Waals surface area contributed by atoms with E-state index in [9.17, 15) is 9.18 Å². The summed E-state index contributed by atoms with van der Waals surface area (Å²) in [6, 6.07) is 11.5. The molecule has 0 unspecified atom stereocenters. The molecule has 178 valence electrons. The average Bonchev–Trinajstić information content (AvgIpc) is 3.39. The molecule has 2 heterocycles. The molecule has 2 N–H and O–H groups in total. The third kappa shape index (κ3) is 4.48. The first-order valence-electron chi connectivity index (χ1n) is 11.4. The topological polar surface area (TPSA) is 81.3 Å². The molecule has 0 saturated carbocycles. The summed E-state index contributed by atoms with van der Waals surface area (Å²) in [7, 11) is 1.56. The van der Waals surface area contributed by atoms with E-state index >= 15 is 0 Å². The number of furan rings is 1. The van der Waals surface area contributed by atoms with Gasteiger partial charge in [0.15, 0.2) is 0 Å². The molecule has 0 spiro atoms. The van der Waals surface area contributed by atoms with Crippen LogP contribution >= 0.6 is 0 Å². The maximum Gasteiger partial charge on any atom is 0.255 e. The number of nitrogens with zero attached hydrogens (tertiary/aromatic N) is 2. The predicted octanol–water partition coefficient (Wildman–Crippen LogP) is 5.91. The lowest BCUT2D eigenvalue weighted by atomic mass is 10.0. The van der Waals surface area contributed by atoms with Gasteiger partial charge >= 0.3 is 0 Å². The predicted molar refractivity (Wildman–Crippen MR) is 131 cm³/mol. The van der Waals surface area contributed by atoms with Crippen LogP contribution in [0.1, 0.15) is 43.7 Å². The number of amides is 1. The van der Waals surface area contributed by atoms with Crippen LogP contribution in [-0.2, 0) is 13.0 Å². The van der Waals surface area contributed by atoms with Crippen molar-refractivity contribution in [1.29, 1.82) is 0 Å². The lowest BCUT2D eigenvalue weighted by Crippen LogP contribution is -2.18. The van der Waals surface area contributed by atoms with Crippen molar-refractivity contribution in [2.24, 2.45) is 0 Å². The quantitative estimate of drug-likeness (QED) is 0.339. The summed E-state index contributed by atoms with van der Waals surface area (Å²) >= 11 is 0. The third-order valence-corrected chi connectivity index (χ3v) is 5.47. The molecule has 4 aromatic rings. The Morgan fingerprint density at radius 3 is 2.53 bits per heavy atom. The van der Waals surface area contributed by atoms with Crippen LogP contribution in [-0.4, -0.2) is 28.8 Å². The van der Waals surface area contributed by atoms with Gasteiger partial charge in [0.25, 0.3) is 5.91 Å². The zero-order valence-corrected chi connectivity index (χ0v) is 20.0. The number of benzene rings is 2. The highest BCUT2D eigenvalue weighted by Gasteiger charge is 2.24. The van der Waals surface area contributed by atoms with E-state index in [1.165, 1.54) is 12.1 Å². The minimum atomic E-state index is -0.362. The number of aromatic nitrogens is 2. The van der Waals surface area contributed by atoms with E-state index < -0.39 is 0 Å². The van der Waals surface area contributed by atoms with Gasteiger partial charge in [-0.25, -0.2) is 9.07 Å². The van der Waals surface area contributed by atoms with Crippen molar-refractivity contribution < 1.29 is 18.3 Å². The van der Waals surface area contributed by atoms with E-state index in [0.29, 0.717) is 45.8 Å². The van der Waals surface area contributed by atoms with Crippen molar-refractivity contribution in [1.82, 2.24) is 15.1 Å². The number of aryl methyl sites for hydroxylation is 2. The van der Waals surface area contributed by atoms with Crippen molar-refractivity contribution in [2.75, 3.05) is 12.4 Å². The number of ether oxygens (including phenoxy) is 1. The molecule has 0 radical (unpaired) electrons. The molecule has 0 aliphatic rings. The summed E-state index contributed by atoms with van der Waals surface area (Å²) in [5.41, 5.74) is 3.16. The Morgan fingerprint density at radius 1 is 1.18 bits per heavy atom. The normalized spacial score (nSPS) is 11.3. The van der Waals surface area contributed by atoms with Gasteiger partial charge in [0.05, 0.1) is 23.0 Å². The van der Waals surface area contributed by atoms with Gasteiger partial charge in [0.2, 0.25) is 0 Å². The van der Waals surface area contributed by atoms with Crippen LogP contribution in [0.5, 0.6) is 5.75 Å². The minimum absolute atomic E-state index is 0.0905. The molecule has 0 fully saturated rings. The highest BCUT2D eigenvalue weighted by molar-refractivity contribution is 6.12. The molecular weight excluding hydrogens is 435 g/mol. The van der Waals surface area contributed by atoms with Crippen LogP contribution in [0.4, 0.5) is 15.9 Å². The van der Waals surface area contributed by atoms with Crippen molar-refractivity contribution in [3.8, 4) is 17.1 Å². The van der Waals surface area contributed by atoms with Crippen LogP contribution in [0, 0.1) is 5.82 Å². The number of hydrogen-bond acceptors (Lipinski definition) is 5. The molecular formula is C26H29FN4O3. The Kier molecular flexibility index (Phi) is 6.58. The zero-order chi connectivity index (χ0) is 24.4. The molecule has 0 aliphatic carbocycles. The summed E-state index contributed by atoms with van der Waals surface area (Å²) in [6.07, 6.45) is 0.734. The highest BCUT2D eigenvalue weighted by Crippen LogP contribution is 2.40. The molecule has 0 saturated heterocycles. The Hall–Kier alpha value is -3.81. The number of rotatable bonds is 8. The average molecular weight is 465 g/mol. The monoisotopic (exact) mass is 464 g/mol. The van der Waals surface area contributed by atoms with Gasteiger partial charge in [-0.1, -0.05) is 6.92 Å². The highest BCUT2D eigenvalue weighted by atomic mass is 19.1. The molecule has 2 aromatic carbocycles. The van der Waals surface area contributed by atoms with E-state index in [-0.39, 0.29) is 17.8 Å². The van der Waals surface area contributed by atoms with Crippen LogP contribution in [0.25, 0.3) is 22.3 Å². The smallest absolute Gasteiger partial charge is 0.255 e. The number of nitrogens with one attached hydrogen (secondary N) is 2. The fraction of sp³-hybridized carbons (Fsp3) is 0.308. The van der Waals surface area contributed by atoms with E-state index in [1.54, 1.807) is 19.2 Å². The van der Waals surface area contributed by atoms with Gasteiger partial charge in [-0.2, -0.15) is 5.10 Å². The number of anilines is 2. The summed E-state index contributed by atoms with van der Waals surface area (Å²) < 4.78 is 27.7. The van der Waals surface area contributed by atoms with Gasteiger partial charge in [-0.15, -0.1) is 0 Å². The van der Waals surface area contributed by atoms with Crippen molar-refractivity contribution in [2.45, 2.75) is 46.8 Å². The number of carbonyl (C=O) groups excluding carboxylic acids is 1. The molecule has 4 rings (SSSR count). The molecule has 8 heteroatoms. The Labute approximate surface area is 197 Å². The van der Waals surface area contributed by atoms with Crippen LogP contribution in [0.15, 0.2) is 46.9 Å². The van der Waals surface area contributed by atoms with Gasteiger partial charge < -0.3 is 19.8 Å². The molecule has 34 heavy (non-hydrogen) atoms. The second kappa shape index (κ2) is 9.59. The Balaban J connectivity index is 1.91. The molecule has 7 nitrogen and oxygen atoms in total.